The molecule has 1 atom stereocenters. The number of pyridine rings is 1. The van der Waals surface area contributed by atoms with Gasteiger partial charge in [0.1, 0.15) is 0 Å². The van der Waals surface area contributed by atoms with Crippen LogP contribution < -0.4 is 4.57 Å². The Kier molecular flexibility index (Phi) is 2.92. The van der Waals surface area contributed by atoms with E-state index in [2.05, 4.69) is 98.3 Å². The highest BCUT2D eigenvalue weighted by Crippen LogP contribution is 2.55. The average Bonchev–Trinajstić information content (AvgIpc) is 3.26. The van der Waals surface area contributed by atoms with E-state index in [-0.39, 0.29) is 5.54 Å². The summed E-state index contributed by atoms with van der Waals surface area (Å²) >= 11 is 0. The molecule has 1 heteroatoms. The first-order valence-electron chi connectivity index (χ1n) is 11.0. The number of rotatable bonds is 0. The Morgan fingerprint density at radius 2 is 1.63 bits per heavy atom. The lowest BCUT2D eigenvalue weighted by Crippen LogP contribution is -2.59. The van der Waals surface area contributed by atoms with Crippen LogP contribution in [0.25, 0.3) is 22.3 Å². The highest BCUT2D eigenvalue weighted by atomic mass is 15.1. The van der Waals surface area contributed by atoms with Crippen LogP contribution in [0, 0.1) is 6.92 Å². The molecule has 1 unspecified atom stereocenters. The van der Waals surface area contributed by atoms with Crippen LogP contribution >= 0.6 is 0 Å². The molecule has 144 valence electrons. The molecule has 1 aliphatic heterocycles. The van der Waals surface area contributed by atoms with E-state index in [9.17, 15) is 0 Å². The molecule has 0 radical (unpaired) electrons. The minimum atomic E-state index is -0.0557. The van der Waals surface area contributed by atoms with Crippen molar-refractivity contribution < 1.29 is 4.57 Å². The fourth-order valence-electron chi connectivity index (χ4n) is 6.53. The zero-order valence-electron chi connectivity index (χ0n) is 17.7. The third-order valence-corrected chi connectivity index (χ3v) is 7.71. The van der Waals surface area contributed by atoms with Gasteiger partial charge in [0, 0.05) is 31.5 Å². The largest absolute Gasteiger partial charge is 0.194 e. The van der Waals surface area contributed by atoms with Crippen molar-refractivity contribution in [3.05, 3.63) is 112 Å². The summed E-state index contributed by atoms with van der Waals surface area (Å²) in [5, 5.41) is 0. The summed E-state index contributed by atoms with van der Waals surface area (Å²) in [5.41, 5.74) is 15.9. The molecule has 3 aromatic carbocycles. The maximum atomic E-state index is 2.52. The summed E-state index contributed by atoms with van der Waals surface area (Å²) in [6.45, 7) is 7.02. The standard InChI is InChI=1S/C29H24N/c1-17-11-12-21-23-16-22-19(14-18-8-4-5-9-20(18)22)15-24(23)26-25-10-6-7-13-30(25)29(2,3)28(17)27(21)26/h4-13,15-16,26H,14H2,1-3H3/q+1. The maximum Gasteiger partial charge on any atom is 0.194 e. The average molecular weight is 387 g/mol. The van der Waals surface area contributed by atoms with E-state index in [1.807, 2.05) is 0 Å². The van der Waals surface area contributed by atoms with Gasteiger partial charge in [0.05, 0.1) is 5.92 Å². The van der Waals surface area contributed by atoms with E-state index in [4.69, 9.17) is 0 Å². The minimum absolute atomic E-state index is 0.0557. The lowest BCUT2D eigenvalue weighted by molar-refractivity contribution is -0.756. The summed E-state index contributed by atoms with van der Waals surface area (Å²) in [4.78, 5) is 0. The van der Waals surface area contributed by atoms with Gasteiger partial charge in [-0.2, -0.15) is 4.57 Å². The highest BCUT2D eigenvalue weighted by molar-refractivity contribution is 5.89. The molecule has 0 saturated carbocycles. The van der Waals surface area contributed by atoms with Crippen molar-refractivity contribution in [2.45, 2.75) is 38.6 Å². The van der Waals surface area contributed by atoms with E-state index in [0.717, 1.165) is 6.42 Å². The molecule has 0 fully saturated rings. The molecule has 0 saturated heterocycles. The molecule has 0 spiro atoms. The second kappa shape index (κ2) is 5.29. The van der Waals surface area contributed by atoms with E-state index in [1.54, 1.807) is 0 Å². The van der Waals surface area contributed by atoms with Gasteiger partial charge in [0.15, 0.2) is 17.4 Å². The molecule has 1 aromatic heterocycles. The van der Waals surface area contributed by atoms with Crippen LogP contribution in [0.3, 0.4) is 0 Å². The Morgan fingerprint density at radius 3 is 2.53 bits per heavy atom. The van der Waals surface area contributed by atoms with E-state index in [0.29, 0.717) is 5.92 Å². The number of hydrogen-bond acceptors (Lipinski definition) is 0. The first-order valence-corrected chi connectivity index (χ1v) is 11.0. The van der Waals surface area contributed by atoms with Gasteiger partial charge in [0.2, 0.25) is 0 Å². The van der Waals surface area contributed by atoms with Crippen molar-refractivity contribution in [2.75, 3.05) is 0 Å². The van der Waals surface area contributed by atoms with E-state index >= 15 is 0 Å². The highest BCUT2D eigenvalue weighted by Gasteiger charge is 2.50. The summed E-state index contributed by atoms with van der Waals surface area (Å²) in [6.07, 6.45) is 3.32. The lowest BCUT2D eigenvalue weighted by Gasteiger charge is -2.33. The quantitative estimate of drug-likeness (QED) is 0.277. The van der Waals surface area contributed by atoms with Crippen molar-refractivity contribution in [1.82, 2.24) is 0 Å². The van der Waals surface area contributed by atoms with Gasteiger partial charge >= 0.3 is 0 Å². The van der Waals surface area contributed by atoms with Crippen LogP contribution in [0.4, 0.5) is 0 Å². The van der Waals surface area contributed by atoms with Crippen LogP contribution in [0.15, 0.2) is 72.9 Å². The number of aromatic nitrogens is 1. The molecule has 1 nitrogen and oxygen atoms in total. The number of nitrogens with zero attached hydrogens (tertiary/aromatic N) is 1. The number of benzene rings is 3. The summed E-state index contributed by atoms with van der Waals surface area (Å²) in [6, 6.07) is 25.3. The third kappa shape index (κ3) is 1.82. The molecule has 7 rings (SSSR count). The van der Waals surface area contributed by atoms with Crippen molar-refractivity contribution in [3.63, 3.8) is 0 Å². The topological polar surface area (TPSA) is 3.88 Å². The zero-order valence-corrected chi connectivity index (χ0v) is 17.7. The van der Waals surface area contributed by atoms with Gasteiger partial charge < -0.3 is 0 Å². The van der Waals surface area contributed by atoms with Gasteiger partial charge in [-0.25, -0.2) is 0 Å². The number of fused-ring (bicyclic) bond motifs is 8. The van der Waals surface area contributed by atoms with Crippen LogP contribution in [-0.2, 0) is 12.0 Å². The van der Waals surface area contributed by atoms with Gasteiger partial charge in [-0.05, 0) is 69.5 Å². The van der Waals surface area contributed by atoms with Crippen molar-refractivity contribution >= 4 is 0 Å². The Labute approximate surface area is 177 Å². The molecule has 30 heavy (non-hydrogen) atoms. The van der Waals surface area contributed by atoms with Gasteiger partial charge in [-0.3, -0.25) is 0 Å². The molecule has 0 bridgehead atoms. The molecule has 2 aliphatic carbocycles. The van der Waals surface area contributed by atoms with Crippen LogP contribution in [-0.4, -0.2) is 0 Å². The predicted molar refractivity (Wildman–Crippen MR) is 121 cm³/mol. The van der Waals surface area contributed by atoms with Crippen LogP contribution in [0.5, 0.6) is 0 Å². The Hall–Kier alpha value is -3.19. The molecule has 0 N–H and O–H groups in total. The monoisotopic (exact) mass is 386 g/mol. The second-order valence-electron chi connectivity index (χ2n) is 9.64. The molecule has 3 aliphatic rings. The van der Waals surface area contributed by atoms with E-state index in [1.165, 1.54) is 61.3 Å². The molecule has 0 amide bonds. The lowest BCUT2D eigenvalue weighted by atomic mass is 9.75. The van der Waals surface area contributed by atoms with E-state index < -0.39 is 0 Å². The first-order chi connectivity index (χ1) is 14.6. The summed E-state index contributed by atoms with van der Waals surface area (Å²) < 4.78 is 2.51. The van der Waals surface area contributed by atoms with Crippen molar-refractivity contribution in [1.29, 1.82) is 0 Å². The fraction of sp³-hybridized carbons (Fsp3) is 0.207. The Balaban J connectivity index is 1.59. The summed E-state index contributed by atoms with van der Waals surface area (Å²) in [7, 11) is 0. The zero-order chi connectivity index (χ0) is 20.2. The first kappa shape index (κ1) is 16.6. The maximum absolute atomic E-state index is 2.52. The van der Waals surface area contributed by atoms with Crippen molar-refractivity contribution in [3.8, 4) is 22.3 Å². The Morgan fingerprint density at radius 1 is 0.800 bits per heavy atom. The molecule has 2 heterocycles. The number of aryl methyl sites for hydroxylation is 1. The molecular weight excluding hydrogens is 362 g/mol. The van der Waals surface area contributed by atoms with Crippen LogP contribution in [0.1, 0.15) is 58.8 Å². The minimum Gasteiger partial charge on any atom is -0.192 e. The second-order valence-corrected chi connectivity index (χ2v) is 9.64. The third-order valence-electron chi connectivity index (χ3n) is 7.71. The smallest absolute Gasteiger partial charge is 0.192 e. The summed E-state index contributed by atoms with van der Waals surface area (Å²) in [5.74, 6) is 0.327. The molecule has 4 aromatic rings. The van der Waals surface area contributed by atoms with Gasteiger partial charge in [-0.1, -0.05) is 48.5 Å². The molecular formula is C29H24N+. The fourth-order valence-corrected chi connectivity index (χ4v) is 6.53. The SMILES string of the molecule is Cc1ccc2c3c1C(C)(C)[n+]1ccccc1C3c1cc3c(cc1-2)-c1ccccc1C3. The normalized spacial score (nSPS) is 18.3. The van der Waals surface area contributed by atoms with Gasteiger partial charge in [0.25, 0.3) is 0 Å². The van der Waals surface area contributed by atoms with Gasteiger partial charge in [-0.15, -0.1) is 0 Å². The van der Waals surface area contributed by atoms with Crippen molar-refractivity contribution in [2.24, 2.45) is 0 Å². The Bertz CT molecular complexity index is 1410. The van der Waals surface area contributed by atoms with Crippen LogP contribution in [0.2, 0.25) is 0 Å². The predicted octanol–water partition coefficient (Wildman–Crippen LogP) is 6.11. The number of hydrogen-bond donors (Lipinski definition) is 0.